The molecule has 1 aromatic carbocycles. The van der Waals surface area contributed by atoms with Gasteiger partial charge in [-0.1, -0.05) is 64.0 Å². The number of aromatic nitrogens is 1. The van der Waals surface area contributed by atoms with Crippen molar-refractivity contribution in [2.45, 2.75) is 64.7 Å². The van der Waals surface area contributed by atoms with E-state index in [0.29, 0.717) is 5.69 Å². The summed E-state index contributed by atoms with van der Waals surface area (Å²) < 4.78 is 9.57. The molecule has 0 bridgehead atoms. The van der Waals surface area contributed by atoms with Gasteiger partial charge in [-0.05, 0) is 30.5 Å². The predicted molar refractivity (Wildman–Crippen MR) is 120 cm³/mol. The number of carbonyl (C=O) groups excluding carboxylic acids is 1. The summed E-state index contributed by atoms with van der Waals surface area (Å²) in [7, 11) is 1.35. The highest BCUT2D eigenvalue weighted by Gasteiger charge is 2.15. The van der Waals surface area contributed by atoms with Gasteiger partial charge in [0.1, 0.15) is 0 Å². The van der Waals surface area contributed by atoms with Crippen molar-refractivity contribution in [3.05, 3.63) is 47.7 Å². The van der Waals surface area contributed by atoms with E-state index < -0.39 is 6.16 Å². The van der Waals surface area contributed by atoms with Gasteiger partial charge < -0.3 is 19.9 Å². The van der Waals surface area contributed by atoms with Crippen molar-refractivity contribution in [3.8, 4) is 11.6 Å². The molecule has 2 aromatic rings. The van der Waals surface area contributed by atoms with Crippen LogP contribution in [-0.4, -0.2) is 29.3 Å². The number of ether oxygens (including phenoxy) is 2. The number of hydrogen-bond acceptors (Lipinski definition) is 5. The van der Waals surface area contributed by atoms with E-state index in [1.807, 2.05) is 24.3 Å². The lowest BCUT2D eigenvalue weighted by Crippen LogP contribution is -2.13. The third kappa shape index (κ3) is 8.66. The van der Waals surface area contributed by atoms with Crippen LogP contribution < -0.4 is 14.8 Å². The van der Waals surface area contributed by atoms with Crippen LogP contribution in [0.15, 0.2) is 36.5 Å². The third-order valence-corrected chi connectivity index (χ3v) is 5.02. The number of aryl methyl sites for hydroxylation is 1. The fourth-order valence-corrected chi connectivity index (χ4v) is 3.28. The second-order valence-corrected chi connectivity index (χ2v) is 7.48. The Morgan fingerprint density at radius 2 is 1.65 bits per heavy atom. The first-order valence-electron chi connectivity index (χ1n) is 10.9. The predicted octanol–water partition coefficient (Wildman–Crippen LogP) is 6.08. The van der Waals surface area contributed by atoms with Crippen LogP contribution in [0.2, 0.25) is 0 Å². The number of rotatable bonds is 13. The van der Waals surface area contributed by atoms with Gasteiger partial charge in [-0.2, -0.15) is 0 Å². The van der Waals surface area contributed by atoms with Gasteiger partial charge in [0.25, 0.3) is 11.8 Å². The number of benzene rings is 1. The SMILES string of the molecule is CCCCCCCCCCc1ccc(NC(=O)c2cnc(OC(=O)O)c(OC)c2)cc1. The molecule has 0 aliphatic carbocycles. The molecule has 0 unspecified atom stereocenters. The van der Waals surface area contributed by atoms with Gasteiger partial charge >= 0.3 is 6.16 Å². The van der Waals surface area contributed by atoms with E-state index in [1.54, 1.807) is 0 Å². The number of pyridine rings is 1. The van der Waals surface area contributed by atoms with Crippen LogP contribution >= 0.6 is 0 Å². The number of nitrogens with zero attached hydrogens (tertiary/aromatic N) is 1. The average molecular weight is 429 g/mol. The Balaban J connectivity index is 1.80. The zero-order valence-electron chi connectivity index (χ0n) is 18.4. The minimum absolute atomic E-state index is 0.0655. The van der Waals surface area contributed by atoms with Crippen molar-refractivity contribution < 1.29 is 24.2 Å². The van der Waals surface area contributed by atoms with Crippen molar-refractivity contribution in [1.82, 2.24) is 4.98 Å². The maximum atomic E-state index is 12.5. The number of hydrogen-bond donors (Lipinski definition) is 2. The third-order valence-electron chi connectivity index (χ3n) is 5.02. The molecule has 0 saturated carbocycles. The first-order valence-corrected chi connectivity index (χ1v) is 10.9. The van der Waals surface area contributed by atoms with E-state index in [2.05, 4.69) is 22.0 Å². The van der Waals surface area contributed by atoms with Gasteiger partial charge in [-0.15, -0.1) is 0 Å². The highest BCUT2D eigenvalue weighted by molar-refractivity contribution is 6.04. The van der Waals surface area contributed by atoms with E-state index in [-0.39, 0.29) is 23.1 Å². The average Bonchev–Trinajstić information content (AvgIpc) is 2.76. The highest BCUT2D eigenvalue weighted by atomic mass is 16.7. The molecule has 2 rings (SSSR count). The number of amides is 1. The van der Waals surface area contributed by atoms with Crippen molar-refractivity contribution in [2.24, 2.45) is 0 Å². The van der Waals surface area contributed by atoms with Gasteiger partial charge in [0.15, 0.2) is 5.75 Å². The normalized spacial score (nSPS) is 10.5. The van der Waals surface area contributed by atoms with E-state index in [4.69, 9.17) is 9.84 Å². The van der Waals surface area contributed by atoms with Crippen molar-refractivity contribution >= 4 is 17.7 Å². The number of nitrogens with one attached hydrogen (secondary N) is 1. The van der Waals surface area contributed by atoms with Gasteiger partial charge in [0.2, 0.25) is 0 Å². The maximum absolute atomic E-state index is 12.5. The van der Waals surface area contributed by atoms with Crippen molar-refractivity contribution in [2.75, 3.05) is 12.4 Å². The van der Waals surface area contributed by atoms with E-state index in [1.165, 1.54) is 76.3 Å². The Bertz CT molecular complexity index is 836. The first-order chi connectivity index (χ1) is 15.0. The molecule has 0 aliphatic heterocycles. The van der Waals surface area contributed by atoms with Crippen LogP contribution in [0.5, 0.6) is 11.6 Å². The second-order valence-electron chi connectivity index (χ2n) is 7.48. The molecule has 7 nitrogen and oxygen atoms in total. The van der Waals surface area contributed by atoms with Gasteiger partial charge in [0, 0.05) is 18.0 Å². The Morgan fingerprint density at radius 3 is 2.26 bits per heavy atom. The molecule has 0 spiro atoms. The maximum Gasteiger partial charge on any atom is 0.512 e. The summed E-state index contributed by atoms with van der Waals surface area (Å²) in [6, 6.07) is 9.20. The second kappa shape index (κ2) is 13.3. The summed E-state index contributed by atoms with van der Waals surface area (Å²) in [6.07, 6.45) is 11.2. The van der Waals surface area contributed by atoms with Crippen molar-refractivity contribution in [3.63, 3.8) is 0 Å². The van der Waals surface area contributed by atoms with Crippen LogP contribution in [0.3, 0.4) is 0 Å². The molecule has 1 heterocycles. The summed E-state index contributed by atoms with van der Waals surface area (Å²) in [5, 5.41) is 11.5. The minimum atomic E-state index is -1.50. The van der Waals surface area contributed by atoms with Crippen LogP contribution in [0.1, 0.15) is 74.2 Å². The van der Waals surface area contributed by atoms with Crippen LogP contribution in [0, 0.1) is 0 Å². The fourth-order valence-electron chi connectivity index (χ4n) is 3.28. The molecule has 1 amide bonds. The van der Waals surface area contributed by atoms with Gasteiger partial charge in [-0.3, -0.25) is 4.79 Å². The quantitative estimate of drug-likeness (QED) is 0.296. The lowest BCUT2D eigenvalue weighted by atomic mass is 10.0. The molecule has 0 atom stereocenters. The first kappa shape index (κ1) is 24.2. The zero-order chi connectivity index (χ0) is 22.5. The standard InChI is InChI=1S/C24H32N2O5/c1-3-4-5-6-7-8-9-10-11-18-12-14-20(15-13-18)26-22(27)19-16-21(30-2)23(25-17-19)31-24(28)29/h12-17H,3-11H2,1-2H3,(H,26,27)(H,28,29). The van der Waals surface area contributed by atoms with E-state index >= 15 is 0 Å². The van der Waals surface area contributed by atoms with Crippen LogP contribution in [0.25, 0.3) is 0 Å². The number of carboxylic acid groups (broad SMARTS) is 1. The number of anilines is 1. The Kier molecular flexibility index (Phi) is 10.3. The summed E-state index contributed by atoms with van der Waals surface area (Å²) >= 11 is 0. The van der Waals surface area contributed by atoms with E-state index in [0.717, 1.165) is 6.42 Å². The van der Waals surface area contributed by atoms with Crippen LogP contribution in [-0.2, 0) is 6.42 Å². The molecule has 1 aromatic heterocycles. The molecule has 7 heteroatoms. The molecular weight excluding hydrogens is 396 g/mol. The summed E-state index contributed by atoms with van der Waals surface area (Å²) in [5.74, 6) is -0.517. The summed E-state index contributed by atoms with van der Waals surface area (Å²) in [6.45, 7) is 2.24. The lowest BCUT2D eigenvalue weighted by molar-refractivity contribution is 0.102. The summed E-state index contributed by atoms with van der Waals surface area (Å²) in [5.41, 5.74) is 2.16. The molecular formula is C24H32N2O5. The van der Waals surface area contributed by atoms with Crippen molar-refractivity contribution in [1.29, 1.82) is 0 Å². The lowest BCUT2D eigenvalue weighted by Gasteiger charge is -2.09. The Hall–Kier alpha value is -3.09. The molecule has 31 heavy (non-hydrogen) atoms. The number of unbranched alkanes of at least 4 members (excludes halogenated alkanes) is 7. The highest BCUT2D eigenvalue weighted by Crippen LogP contribution is 2.25. The molecule has 168 valence electrons. The number of methoxy groups -OCH3 is 1. The Labute approximate surface area is 183 Å². The van der Waals surface area contributed by atoms with Crippen LogP contribution in [0.4, 0.5) is 10.5 Å². The Morgan fingerprint density at radius 1 is 1.00 bits per heavy atom. The monoisotopic (exact) mass is 428 g/mol. The molecule has 2 N–H and O–H groups in total. The topological polar surface area (TPSA) is 97.8 Å². The van der Waals surface area contributed by atoms with Gasteiger partial charge in [-0.25, -0.2) is 9.78 Å². The molecule has 0 radical (unpaired) electrons. The largest absolute Gasteiger partial charge is 0.512 e. The summed E-state index contributed by atoms with van der Waals surface area (Å²) in [4.78, 5) is 27.0. The minimum Gasteiger partial charge on any atom is -0.491 e. The van der Waals surface area contributed by atoms with E-state index in [9.17, 15) is 9.59 Å². The smallest absolute Gasteiger partial charge is 0.491 e. The number of carbonyl (C=O) groups is 2. The van der Waals surface area contributed by atoms with Gasteiger partial charge in [0.05, 0.1) is 12.7 Å². The zero-order valence-corrected chi connectivity index (χ0v) is 18.4. The molecule has 0 fully saturated rings. The molecule has 0 saturated heterocycles. The fraction of sp³-hybridized carbons (Fsp3) is 0.458. The molecule has 0 aliphatic rings.